The Morgan fingerprint density at radius 3 is 2.39 bits per heavy atom. The third-order valence-electron chi connectivity index (χ3n) is 4.19. The van der Waals surface area contributed by atoms with Crippen LogP contribution in [0.2, 0.25) is 5.02 Å². The summed E-state index contributed by atoms with van der Waals surface area (Å²) in [6.45, 7) is 0.998. The van der Waals surface area contributed by atoms with Crippen LogP contribution < -0.4 is 4.72 Å². The molecule has 0 heterocycles. The molecule has 7 heteroatoms. The zero-order valence-electron chi connectivity index (χ0n) is 14.9. The number of hydrogen-bond acceptors (Lipinski definition) is 3. The minimum atomic E-state index is -3.95. The zero-order valence-corrected chi connectivity index (χ0v) is 16.5. The fourth-order valence-corrected chi connectivity index (χ4v) is 4.03. The van der Waals surface area contributed by atoms with Gasteiger partial charge in [-0.25, -0.2) is 17.5 Å². The molecule has 0 spiro atoms. The Kier molecular flexibility index (Phi) is 5.93. The molecule has 28 heavy (non-hydrogen) atoms. The van der Waals surface area contributed by atoms with Crippen LogP contribution in [0.15, 0.2) is 71.6 Å². The molecule has 0 aromatic heterocycles. The molecule has 3 rings (SSSR count). The van der Waals surface area contributed by atoms with Gasteiger partial charge in [0.25, 0.3) is 0 Å². The number of benzene rings is 3. The number of ketones is 1. The molecule has 4 nitrogen and oxygen atoms in total. The Labute approximate surface area is 168 Å². The number of halogens is 2. The summed E-state index contributed by atoms with van der Waals surface area (Å²) in [4.78, 5) is 12.5. The van der Waals surface area contributed by atoms with Gasteiger partial charge >= 0.3 is 0 Å². The summed E-state index contributed by atoms with van der Waals surface area (Å²) in [5.41, 5.74) is 1.66. The standard InChI is InChI=1S/C21H17ClFNO3S/c1-14-10-16(15-6-3-2-4-7-15)11-19(21(14)23)20(25)13-24-28(26,27)18-9-5-8-17(22)12-18/h2-12,24H,13H2,1H3. The molecule has 0 fully saturated rings. The maximum atomic E-state index is 14.5. The highest BCUT2D eigenvalue weighted by Gasteiger charge is 2.20. The normalized spacial score (nSPS) is 11.4. The first-order chi connectivity index (χ1) is 13.3. The molecule has 3 aromatic rings. The van der Waals surface area contributed by atoms with Crippen molar-refractivity contribution in [2.24, 2.45) is 0 Å². The summed E-state index contributed by atoms with van der Waals surface area (Å²) in [5.74, 6) is -1.32. The Morgan fingerprint density at radius 1 is 1.00 bits per heavy atom. The van der Waals surface area contributed by atoms with E-state index in [2.05, 4.69) is 4.72 Å². The van der Waals surface area contributed by atoms with Crippen LogP contribution in [0.3, 0.4) is 0 Å². The second kappa shape index (κ2) is 8.22. The van der Waals surface area contributed by atoms with Gasteiger partial charge in [0.05, 0.1) is 17.0 Å². The Hall–Kier alpha value is -2.54. The number of hydrogen-bond donors (Lipinski definition) is 1. The maximum absolute atomic E-state index is 14.5. The SMILES string of the molecule is Cc1cc(-c2ccccc2)cc(C(=O)CNS(=O)(=O)c2cccc(Cl)c2)c1F. The summed E-state index contributed by atoms with van der Waals surface area (Å²) in [6, 6.07) is 18.0. The Bertz CT molecular complexity index is 1130. The molecular weight excluding hydrogens is 401 g/mol. The number of sulfonamides is 1. The van der Waals surface area contributed by atoms with Crippen LogP contribution in [-0.2, 0) is 10.0 Å². The fraction of sp³-hybridized carbons (Fsp3) is 0.0952. The number of carbonyl (C=O) groups is 1. The van der Waals surface area contributed by atoms with E-state index >= 15 is 0 Å². The lowest BCUT2D eigenvalue weighted by Crippen LogP contribution is -2.30. The highest BCUT2D eigenvalue weighted by atomic mass is 35.5. The second-order valence-electron chi connectivity index (χ2n) is 6.23. The number of carbonyl (C=O) groups excluding carboxylic acids is 1. The van der Waals surface area contributed by atoms with Crippen molar-refractivity contribution in [2.75, 3.05) is 6.54 Å². The highest BCUT2D eigenvalue weighted by molar-refractivity contribution is 7.89. The Balaban J connectivity index is 1.85. The van der Waals surface area contributed by atoms with Gasteiger partial charge in [0.1, 0.15) is 5.82 Å². The summed E-state index contributed by atoms with van der Waals surface area (Å²) in [5, 5.41) is 0.256. The molecule has 0 bridgehead atoms. The van der Waals surface area contributed by atoms with Crippen molar-refractivity contribution in [1.82, 2.24) is 4.72 Å². The summed E-state index contributed by atoms with van der Waals surface area (Å²) in [7, 11) is -3.95. The van der Waals surface area contributed by atoms with Gasteiger partial charge in [-0.05, 0) is 53.9 Å². The van der Waals surface area contributed by atoms with Crippen LogP contribution in [0.1, 0.15) is 15.9 Å². The number of nitrogens with one attached hydrogen (secondary N) is 1. The van der Waals surface area contributed by atoms with E-state index in [1.807, 2.05) is 30.3 Å². The van der Waals surface area contributed by atoms with Crippen molar-refractivity contribution < 1.29 is 17.6 Å². The molecular formula is C21H17ClFNO3S. The smallest absolute Gasteiger partial charge is 0.241 e. The molecule has 0 aliphatic rings. The van der Waals surface area contributed by atoms with Crippen molar-refractivity contribution in [2.45, 2.75) is 11.8 Å². The van der Waals surface area contributed by atoms with E-state index in [1.54, 1.807) is 19.1 Å². The molecule has 144 valence electrons. The first-order valence-corrected chi connectivity index (χ1v) is 10.3. The molecule has 0 aliphatic heterocycles. The summed E-state index contributed by atoms with van der Waals surface area (Å²) < 4.78 is 41.4. The van der Waals surface area contributed by atoms with E-state index in [4.69, 9.17) is 11.6 Å². The molecule has 3 aromatic carbocycles. The van der Waals surface area contributed by atoms with Crippen LogP contribution in [0, 0.1) is 12.7 Å². The van der Waals surface area contributed by atoms with E-state index in [0.29, 0.717) is 11.1 Å². The van der Waals surface area contributed by atoms with Gasteiger partial charge in [0, 0.05) is 5.02 Å². The van der Waals surface area contributed by atoms with Gasteiger partial charge < -0.3 is 0 Å². The van der Waals surface area contributed by atoms with E-state index in [0.717, 1.165) is 5.56 Å². The molecule has 0 saturated heterocycles. The molecule has 0 unspecified atom stereocenters. The lowest BCUT2D eigenvalue weighted by molar-refractivity contribution is 0.0993. The van der Waals surface area contributed by atoms with Gasteiger partial charge in [-0.15, -0.1) is 0 Å². The molecule has 0 atom stereocenters. The minimum Gasteiger partial charge on any atom is -0.293 e. The third-order valence-corrected chi connectivity index (χ3v) is 5.83. The lowest BCUT2D eigenvalue weighted by Gasteiger charge is -2.11. The Morgan fingerprint density at radius 2 is 1.71 bits per heavy atom. The first kappa shape index (κ1) is 20.2. The van der Waals surface area contributed by atoms with Crippen LogP contribution in [0.25, 0.3) is 11.1 Å². The minimum absolute atomic E-state index is 0.0671. The van der Waals surface area contributed by atoms with Crippen LogP contribution >= 0.6 is 11.6 Å². The number of Topliss-reactive ketones (excluding diaryl/α,β-unsaturated/α-hetero) is 1. The predicted molar refractivity (Wildman–Crippen MR) is 108 cm³/mol. The van der Waals surface area contributed by atoms with Crippen LogP contribution in [-0.4, -0.2) is 20.7 Å². The predicted octanol–water partition coefficient (Wildman–Crippen LogP) is 4.62. The second-order valence-corrected chi connectivity index (χ2v) is 8.43. The molecule has 1 N–H and O–H groups in total. The monoisotopic (exact) mass is 417 g/mol. The van der Waals surface area contributed by atoms with E-state index in [9.17, 15) is 17.6 Å². The van der Waals surface area contributed by atoms with Crippen LogP contribution in [0.4, 0.5) is 4.39 Å². The van der Waals surface area contributed by atoms with Crippen molar-refractivity contribution in [3.8, 4) is 11.1 Å². The first-order valence-electron chi connectivity index (χ1n) is 8.42. The van der Waals surface area contributed by atoms with Crippen molar-refractivity contribution in [1.29, 1.82) is 0 Å². The van der Waals surface area contributed by atoms with E-state index in [1.165, 1.54) is 24.3 Å². The third kappa shape index (κ3) is 4.47. The number of aryl methyl sites for hydroxylation is 1. The summed E-state index contributed by atoms with van der Waals surface area (Å²) in [6.07, 6.45) is 0. The van der Waals surface area contributed by atoms with Gasteiger partial charge in [-0.3, -0.25) is 4.79 Å². The topological polar surface area (TPSA) is 63.2 Å². The molecule has 0 amide bonds. The average Bonchev–Trinajstić information content (AvgIpc) is 2.69. The molecule has 0 radical (unpaired) electrons. The fourth-order valence-electron chi connectivity index (χ4n) is 2.74. The quantitative estimate of drug-likeness (QED) is 0.595. The van der Waals surface area contributed by atoms with Gasteiger partial charge in [-0.1, -0.05) is 48.0 Å². The summed E-state index contributed by atoms with van der Waals surface area (Å²) >= 11 is 5.81. The maximum Gasteiger partial charge on any atom is 0.241 e. The zero-order chi connectivity index (χ0) is 20.3. The van der Waals surface area contributed by atoms with E-state index < -0.39 is 28.2 Å². The van der Waals surface area contributed by atoms with Crippen molar-refractivity contribution in [3.63, 3.8) is 0 Å². The largest absolute Gasteiger partial charge is 0.293 e. The van der Waals surface area contributed by atoms with Crippen molar-refractivity contribution >= 4 is 27.4 Å². The average molecular weight is 418 g/mol. The highest BCUT2D eigenvalue weighted by Crippen LogP contribution is 2.25. The van der Waals surface area contributed by atoms with Gasteiger partial charge in [0.2, 0.25) is 10.0 Å². The van der Waals surface area contributed by atoms with Gasteiger partial charge in [0.15, 0.2) is 5.78 Å². The lowest BCUT2D eigenvalue weighted by atomic mass is 9.98. The number of rotatable bonds is 6. The van der Waals surface area contributed by atoms with Crippen LogP contribution in [0.5, 0.6) is 0 Å². The molecule has 0 aliphatic carbocycles. The van der Waals surface area contributed by atoms with Gasteiger partial charge in [-0.2, -0.15) is 0 Å². The van der Waals surface area contributed by atoms with E-state index in [-0.39, 0.29) is 15.5 Å². The van der Waals surface area contributed by atoms with Crippen molar-refractivity contribution in [3.05, 3.63) is 88.7 Å². The molecule has 0 saturated carbocycles.